The minimum atomic E-state index is 0.266. The summed E-state index contributed by atoms with van der Waals surface area (Å²) in [6.45, 7) is 6.80. The van der Waals surface area contributed by atoms with Crippen molar-refractivity contribution in [2.45, 2.75) is 64.8 Å². The summed E-state index contributed by atoms with van der Waals surface area (Å²) < 4.78 is 0. The van der Waals surface area contributed by atoms with E-state index in [9.17, 15) is 4.79 Å². The first kappa shape index (κ1) is 20.7. The van der Waals surface area contributed by atoms with E-state index in [4.69, 9.17) is 0 Å². The molecular formula is C23H36N4O. The van der Waals surface area contributed by atoms with E-state index in [1.165, 1.54) is 36.0 Å². The lowest BCUT2D eigenvalue weighted by Crippen LogP contribution is -2.46. The number of carbonyl (C=O) groups is 1. The third kappa shape index (κ3) is 5.73. The highest BCUT2D eigenvalue weighted by Gasteiger charge is 2.31. The van der Waals surface area contributed by atoms with E-state index in [0.29, 0.717) is 11.9 Å². The molecule has 0 aromatic heterocycles. The maximum absolute atomic E-state index is 12.7. The topological polar surface area (TPSA) is 56.7 Å². The highest BCUT2D eigenvalue weighted by atomic mass is 16.2. The number of aryl methyl sites for hydroxylation is 2. The highest BCUT2D eigenvalue weighted by Crippen LogP contribution is 2.26. The Kier molecular flexibility index (Phi) is 7.35. The zero-order chi connectivity index (χ0) is 19.9. The largest absolute Gasteiger partial charge is 0.356 e. The van der Waals surface area contributed by atoms with Gasteiger partial charge in [-0.3, -0.25) is 9.79 Å². The predicted octanol–water partition coefficient (Wildman–Crippen LogP) is 3.19. The summed E-state index contributed by atoms with van der Waals surface area (Å²) in [6, 6.07) is 6.99. The number of hydrogen-bond donors (Lipinski definition) is 2. The van der Waals surface area contributed by atoms with Gasteiger partial charge in [0.15, 0.2) is 5.96 Å². The fraction of sp³-hybridized carbons (Fsp3) is 0.652. The van der Waals surface area contributed by atoms with Crippen LogP contribution in [0, 0.1) is 19.8 Å². The van der Waals surface area contributed by atoms with E-state index < -0.39 is 0 Å². The Balaban J connectivity index is 1.43. The molecule has 1 saturated heterocycles. The van der Waals surface area contributed by atoms with Crippen molar-refractivity contribution in [1.82, 2.24) is 15.5 Å². The van der Waals surface area contributed by atoms with Crippen LogP contribution < -0.4 is 10.6 Å². The van der Waals surface area contributed by atoms with Crippen LogP contribution in [-0.2, 0) is 11.2 Å². The Morgan fingerprint density at radius 1 is 1.11 bits per heavy atom. The summed E-state index contributed by atoms with van der Waals surface area (Å²) in [5, 5.41) is 6.93. The number of rotatable bonds is 5. The zero-order valence-electron chi connectivity index (χ0n) is 17.8. The van der Waals surface area contributed by atoms with Crippen molar-refractivity contribution in [1.29, 1.82) is 0 Å². The van der Waals surface area contributed by atoms with Crippen molar-refractivity contribution >= 4 is 11.9 Å². The monoisotopic (exact) mass is 384 g/mol. The Morgan fingerprint density at radius 2 is 1.82 bits per heavy atom. The lowest BCUT2D eigenvalue weighted by Gasteiger charge is -2.26. The molecule has 2 aliphatic rings. The quantitative estimate of drug-likeness (QED) is 0.605. The Hall–Kier alpha value is -2.04. The number of benzene rings is 1. The van der Waals surface area contributed by atoms with Gasteiger partial charge in [0.2, 0.25) is 5.91 Å². The van der Waals surface area contributed by atoms with Crippen molar-refractivity contribution in [3.05, 3.63) is 34.9 Å². The second kappa shape index (κ2) is 9.94. The average molecular weight is 385 g/mol. The maximum atomic E-state index is 12.7. The number of likely N-dealkylation sites (tertiary alicyclic amines) is 1. The summed E-state index contributed by atoms with van der Waals surface area (Å²) in [5.74, 6) is 1.48. The van der Waals surface area contributed by atoms with Crippen LogP contribution in [0.1, 0.15) is 55.2 Å². The fourth-order valence-electron chi connectivity index (χ4n) is 4.61. The van der Waals surface area contributed by atoms with Crippen molar-refractivity contribution in [3.63, 3.8) is 0 Å². The lowest BCUT2D eigenvalue weighted by atomic mass is 9.88. The Morgan fingerprint density at radius 3 is 2.50 bits per heavy atom. The SMILES string of the molecule is CN=C(NCCc1cc(C)cc(C)c1)NC1CCN(C(=O)C2CCCCC2)C1. The molecule has 1 heterocycles. The van der Waals surface area contributed by atoms with Crippen molar-refractivity contribution < 1.29 is 4.79 Å². The molecule has 1 aromatic rings. The van der Waals surface area contributed by atoms with Crippen LogP contribution in [0.25, 0.3) is 0 Å². The number of amides is 1. The molecule has 1 aliphatic carbocycles. The smallest absolute Gasteiger partial charge is 0.225 e. The first-order valence-electron chi connectivity index (χ1n) is 10.9. The summed E-state index contributed by atoms with van der Waals surface area (Å²) in [6.07, 6.45) is 7.84. The van der Waals surface area contributed by atoms with Crippen LogP contribution in [0.3, 0.4) is 0 Å². The molecule has 3 rings (SSSR count). The van der Waals surface area contributed by atoms with Gasteiger partial charge < -0.3 is 15.5 Å². The molecule has 28 heavy (non-hydrogen) atoms. The standard InChI is InChI=1S/C23H36N4O/c1-17-13-18(2)15-19(14-17)9-11-25-23(24-3)26-21-10-12-27(16-21)22(28)20-7-5-4-6-8-20/h13-15,20-21H,4-12,16H2,1-3H3,(H2,24,25,26). The van der Waals surface area contributed by atoms with E-state index in [-0.39, 0.29) is 5.92 Å². The molecule has 1 aromatic carbocycles. The molecule has 0 radical (unpaired) electrons. The molecule has 0 bridgehead atoms. The van der Waals surface area contributed by atoms with Crippen LogP contribution in [0.2, 0.25) is 0 Å². The van der Waals surface area contributed by atoms with Crippen LogP contribution in [0.4, 0.5) is 0 Å². The minimum absolute atomic E-state index is 0.266. The first-order chi connectivity index (χ1) is 13.5. The molecule has 154 valence electrons. The van der Waals surface area contributed by atoms with Gasteiger partial charge in [0, 0.05) is 38.6 Å². The second-order valence-electron chi connectivity index (χ2n) is 8.49. The van der Waals surface area contributed by atoms with E-state index >= 15 is 0 Å². The molecule has 5 heteroatoms. The Bertz CT molecular complexity index is 674. The fourth-order valence-corrected chi connectivity index (χ4v) is 4.61. The van der Waals surface area contributed by atoms with Crippen molar-refractivity contribution in [3.8, 4) is 0 Å². The molecule has 1 unspecified atom stereocenters. The molecule has 2 N–H and O–H groups in total. The lowest BCUT2D eigenvalue weighted by molar-refractivity contribution is -0.135. The van der Waals surface area contributed by atoms with Gasteiger partial charge in [-0.2, -0.15) is 0 Å². The third-order valence-corrected chi connectivity index (χ3v) is 6.01. The molecule has 1 aliphatic heterocycles. The number of guanidine groups is 1. The summed E-state index contributed by atoms with van der Waals surface area (Å²) in [4.78, 5) is 19.2. The van der Waals surface area contributed by atoms with Gasteiger partial charge in [0.05, 0.1) is 0 Å². The van der Waals surface area contributed by atoms with Crippen molar-refractivity contribution in [2.75, 3.05) is 26.7 Å². The third-order valence-electron chi connectivity index (χ3n) is 6.01. The van der Waals surface area contributed by atoms with Crippen molar-refractivity contribution in [2.24, 2.45) is 10.9 Å². The number of hydrogen-bond acceptors (Lipinski definition) is 2. The number of nitrogens with one attached hydrogen (secondary N) is 2. The number of carbonyl (C=O) groups excluding carboxylic acids is 1. The van der Waals surface area contributed by atoms with Crippen LogP contribution >= 0.6 is 0 Å². The van der Waals surface area contributed by atoms with Gasteiger partial charge in [0.25, 0.3) is 0 Å². The van der Waals surface area contributed by atoms with E-state index in [1.54, 1.807) is 0 Å². The summed E-state index contributed by atoms with van der Waals surface area (Å²) in [5.41, 5.74) is 3.97. The Labute approximate surface area is 170 Å². The van der Waals surface area contributed by atoms with Gasteiger partial charge in [-0.15, -0.1) is 0 Å². The van der Waals surface area contributed by atoms with Crippen LogP contribution in [0.15, 0.2) is 23.2 Å². The number of aliphatic imine (C=N–C) groups is 1. The molecule has 1 saturated carbocycles. The molecule has 1 atom stereocenters. The summed E-state index contributed by atoms with van der Waals surface area (Å²) in [7, 11) is 1.81. The van der Waals surface area contributed by atoms with E-state index in [1.807, 2.05) is 7.05 Å². The summed E-state index contributed by atoms with van der Waals surface area (Å²) >= 11 is 0. The van der Waals surface area contributed by atoms with Gasteiger partial charge >= 0.3 is 0 Å². The van der Waals surface area contributed by atoms with Gasteiger partial charge in [-0.1, -0.05) is 48.6 Å². The first-order valence-corrected chi connectivity index (χ1v) is 10.9. The molecular weight excluding hydrogens is 348 g/mol. The van der Waals surface area contributed by atoms with Crippen LogP contribution in [-0.4, -0.2) is 49.5 Å². The second-order valence-corrected chi connectivity index (χ2v) is 8.49. The molecule has 1 amide bonds. The molecule has 2 fully saturated rings. The van der Waals surface area contributed by atoms with Crippen LogP contribution in [0.5, 0.6) is 0 Å². The average Bonchev–Trinajstić information content (AvgIpc) is 3.15. The predicted molar refractivity (Wildman–Crippen MR) is 116 cm³/mol. The maximum Gasteiger partial charge on any atom is 0.225 e. The highest BCUT2D eigenvalue weighted by molar-refractivity contribution is 5.81. The normalized spacial score (nSPS) is 21.0. The molecule has 5 nitrogen and oxygen atoms in total. The minimum Gasteiger partial charge on any atom is -0.356 e. The van der Waals surface area contributed by atoms with Gasteiger partial charge in [0.1, 0.15) is 0 Å². The number of nitrogens with zero attached hydrogens (tertiary/aromatic N) is 2. The molecule has 0 spiro atoms. The zero-order valence-corrected chi connectivity index (χ0v) is 17.8. The van der Waals surface area contributed by atoms with Gasteiger partial charge in [-0.05, 0) is 45.1 Å². The van der Waals surface area contributed by atoms with E-state index in [2.05, 4.69) is 52.6 Å². The van der Waals surface area contributed by atoms with Gasteiger partial charge in [-0.25, -0.2) is 0 Å². The van der Waals surface area contributed by atoms with E-state index in [0.717, 1.165) is 51.3 Å².